The molecule has 4 heteroatoms. The highest BCUT2D eigenvalue weighted by Gasteiger charge is 2.38. The Kier molecular flexibility index (Phi) is 6.81. The minimum atomic E-state index is -0.788. The van der Waals surface area contributed by atoms with E-state index in [2.05, 4.69) is 13.8 Å². The quantitative estimate of drug-likeness (QED) is 0.875. The monoisotopic (exact) mass is 332 g/mol. The molecule has 0 bridgehead atoms. The third-order valence-electron chi connectivity index (χ3n) is 5.04. The van der Waals surface area contributed by atoms with Crippen LogP contribution in [0.15, 0.2) is 30.3 Å². The molecule has 0 spiro atoms. The van der Waals surface area contributed by atoms with E-state index < -0.39 is 5.60 Å². The SMILES string of the molecule is CCC.N[C@@H]1CCC(C(=O)N2CCC(O)(c3ccccc3)CC2)C1. The second-order valence-electron chi connectivity index (χ2n) is 7.20. The number of nitrogens with zero attached hydrogens (tertiary/aromatic N) is 1. The molecule has 0 aromatic heterocycles. The Bertz CT molecular complexity index is 510. The molecule has 3 N–H and O–H groups in total. The highest BCUT2D eigenvalue weighted by atomic mass is 16.3. The number of benzene rings is 1. The molecule has 4 nitrogen and oxygen atoms in total. The van der Waals surface area contributed by atoms with Gasteiger partial charge in [0.25, 0.3) is 0 Å². The van der Waals surface area contributed by atoms with Crippen molar-refractivity contribution in [1.82, 2.24) is 4.90 Å². The Morgan fingerprint density at radius 2 is 1.79 bits per heavy atom. The average Bonchev–Trinajstić information content (AvgIpc) is 3.03. The van der Waals surface area contributed by atoms with Gasteiger partial charge in [0.05, 0.1) is 5.60 Å². The van der Waals surface area contributed by atoms with Crippen molar-refractivity contribution >= 4 is 5.91 Å². The van der Waals surface area contributed by atoms with Gasteiger partial charge in [-0.2, -0.15) is 0 Å². The lowest BCUT2D eigenvalue weighted by Gasteiger charge is -2.39. The van der Waals surface area contributed by atoms with E-state index in [1.165, 1.54) is 6.42 Å². The number of likely N-dealkylation sites (tertiary alicyclic amines) is 1. The van der Waals surface area contributed by atoms with Crippen LogP contribution in [0.25, 0.3) is 0 Å². The molecule has 134 valence electrons. The maximum absolute atomic E-state index is 12.5. The van der Waals surface area contributed by atoms with Gasteiger partial charge in [-0.3, -0.25) is 4.79 Å². The van der Waals surface area contributed by atoms with Gasteiger partial charge in [0.1, 0.15) is 0 Å². The van der Waals surface area contributed by atoms with Crippen LogP contribution in [0.2, 0.25) is 0 Å². The molecule has 1 unspecified atom stereocenters. The van der Waals surface area contributed by atoms with Gasteiger partial charge in [-0.05, 0) is 37.7 Å². The number of hydrogen-bond donors (Lipinski definition) is 2. The fourth-order valence-electron chi connectivity index (χ4n) is 3.63. The summed E-state index contributed by atoms with van der Waals surface area (Å²) in [5.41, 5.74) is 6.07. The summed E-state index contributed by atoms with van der Waals surface area (Å²) in [4.78, 5) is 14.4. The molecule has 1 aromatic rings. The van der Waals surface area contributed by atoms with Crippen molar-refractivity contribution in [3.05, 3.63) is 35.9 Å². The van der Waals surface area contributed by atoms with E-state index in [9.17, 15) is 9.90 Å². The van der Waals surface area contributed by atoms with Gasteiger partial charge in [0.2, 0.25) is 5.91 Å². The van der Waals surface area contributed by atoms with Crippen LogP contribution in [0.1, 0.15) is 57.9 Å². The normalized spacial score (nSPS) is 25.8. The average molecular weight is 332 g/mol. The molecule has 2 aliphatic rings. The van der Waals surface area contributed by atoms with Gasteiger partial charge in [-0.25, -0.2) is 0 Å². The first-order valence-electron chi connectivity index (χ1n) is 9.32. The predicted octanol–water partition coefficient (Wildman–Crippen LogP) is 3.04. The lowest BCUT2D eigenvalue weighted by Crippen LogP contribution is -2.47. The van der Waals surface area contributed by atoms with Gasteiger partial charge in [0.15, 0.2) is 0 Å². The van der Waals surface area contributed by atoms with Gasteiger partial charge < -0.3 is 15.7 Å². The van der Waals surface area contributed by atoms with Crippen LogP contribution in [-0.2, 0) is 10.4 Å². The number of piperidine rings is 1. The minimum absolute atomic E-state index is 0.0999. The van der Waals surface area contributed by atoms with E-state index in [-0.39, 0.29) is 17.9 Å². The third kappa shape index (κ3) is 4.58. The van der Waals surface area contributed by atoms with E-state index in [1.54, 1.807) is 0 Å². The molecule has 1 aliphatic heterocycles. The van der Waals surface area contributed by atoms with Crippen molar-refractivity contribution < 1.29 is 9.90 Å². The van der Waals surface area contributed by atoms with Crippen LogP contribution < -0.4 is 5.73 Å². The number of carbonyl (C=O) groups is 1. The first-order chi connectivity index (χ1) is 11.5. The Hall–Kier alpha value is -1.39. The van der Waals surface area contributed by atoms with E-state index in [4.69, 9.17) is 5.73 Å². The topological polar surface area (TPSA) is 66.6 Å². The Morgan fingerprint density at radius 3 is 2.29 bits per heavy atom. The van der Waals surface area contributed by atoms with Crippen LogP contribution in [-0.4, -0.2) is 35.0 Å². The Morgan fingerprint density at radius 1 is 1.21 bits per heavy atom. The molecule has 1 aliphatic carbocycles. The number of aliphatic hydroxyl groups is 1. The number of carbonyl (C=O) groups excluding carboxylic acids is 1. The molecule has 1 saturated heterocycles. The van der Waals surface area contributed by atoms with E-state index in [0.717, 1.165) is 24.8 Å². The van der Waals surface area contributed by atoms with Gasteiger partial charge in [-0.15, -0.1) is 0 Å². The summed E-state index contributed by atoms with van der Waals surface area (Å²) in [5, 5.41) is 10.8. The standard InChI is InChI=1S/C17H24N2O2.C3H8/c18-15-7-6-13(12-15)16(20)19-10-8-17(21,9-11-19)14-4-2-1-3-5-14;1-3-2/h1-5,13,15,21H,6-12,18H2;3H2,1-2H3/t13?,15-;/m1./s1. The molecule has 1 heterocycles. The maximum atomic E-state index is 12.5. The second kappa shape index (κ2) is 8.63. The largest absolute Gasteiger partial charge is 0.385 e. The molecular weight excluding hydrogens is 300 g/mol. The molecule has 1 saturated carbocycles. The van der Waals surface area contributed by atoms with Gasteiger partial charge in [0, 0.05) is 25.0 Å². The highest BCUT2D eigenvalue weighted by molar-refractivity contribution is 5.79. The zero-order valence-electron chi connectivity index (χ0n) is 15.1. The number of amides is 1. The zero-order valence-corrected chi connectivity index (χ0v) is 15.1. The lowest BCUT2D eigenvalue weighted by atomic mass is 9.84. The molecule has 2 fully saturated rings. The van der Waals surface area contributed by atoms with Crippen molar-refractivity contribution in [3.8, 4) is 0 Å². The zero-order chi connectivity index (χ0) is 17.6. The van der Waals surface area contributed by atoms with Crippen LogP contribution in [0.4, 0.5) is 0 Å². The Balaban J connectivity index is 0.000000647. The minimum Gasteiger partial charge on any atom is -0.385 e. The van der Waals surface area contributed by atoms with Crippen molar-refractivity contribution in [1.29, 1.82) is 0 Å². The summed E-state index contributed by atoms with van der Waals surface area (Å²) < 4.78 is 0. The lowest BCUT2D eigenvalue weighted by molar-refractivity contribution is -0.140. The molecule has 2 atom stereocenters. The summed E-state index contributed by atoms with van der Waals surface area (Å²) in [6.07, 6.45) is 5.17. The highest BCUT2D eigenvalue weighted by Crippen LogP contribution is 2.34. The van der Waals surface area contributed by atoms with E-state index >= 15 is 0 Å². The van der Waals surface area contributed by atoms with Crippen molar-refractivity contribution in [2.24, 2.45) is 11.7 Å². The summed E-state index contributed by atoms with van der Waals surface area (Å²) in [6, 6.07) is 9.97. The summed E-state index contributed by atoms with van der Waals surface area (Å²) in [6.45, 7) is 5.52. The van der Waals surface area contributed by atoms with Crippen molar-refractivity contribution in [2.75, 3.05) is 13.1 Å². The number of nitrogens with two attached hydrogens (primary N) is 1. The first kappa shape index (κ1) is 18.9. The third-order valence-corrected chi connectivity index (χ3v) is 5.04. The van der Waals surface area contributed by atoms with Crippen molar-refractivity contribution in [3.63, 3.8) is 0 Å². The smallest absolute Gasteiger partial charge is 0.225 e. The molecule has 1 amide bonds. The maximum Gasteiger partial charge on any atom is 0.225 e. The van der Waals surface area contributed by atoms with E-state index in [0.29, 0.717) is 25.9 Å². The molecule has 0 radical (unpaired) electrons. The predicted molar refractivity (Wildman–Crippen MR) is 97.4 cm³/mol. The molecule has 1 aromatic carbocycles. The molecule has 24 heavy (non-hydrogen) atoms. The van der Waals surface area contributed by atoms with Gasteiger partial charge in [-0.1, -0.05) is 50.6 Å². The second-order valence-corrected chi connectivity index (χ2v) is 7.20. The first-order valence-corrected chi connectivity index (χ1v) is 9.32. The molecular formula is C20H32N2O2. The van der Waals surface area contributed by atoms with Crippen LogP contribution >= 0.6 is 0 Å². The fourth-order valence-corrected chi connectivity index (χ4v) is 3.63. The van der Waals surface area contributed by atoms with Crippen LogP contribution in [0, 0.1) is 5.92 Å². The number of hydrogen-bond acceptors (Lipinski definition) is 3. The molecule has 3 rings (SSSR count). The van der Waals surface area contributed by atoms with Crippen molar-refractivity contribution in [2.45, 2.75) is 64.0 Å². The van der Waals surface area contributed by atoms with Gasteiger partial charge >= 0.3 is 0 Å². The summed E-state index contributed by atoms with van der Waals surface area (Å²) in [5.74, 6) is 0.334. The van der Waals surface area contributed by atoms with Crippen LogP contribution in [0.3, 0.4) is 0 Å². The van der Waals surface area contributed by atoms with Crippen LogP contribution in [0.5, 0.6) is 0 Å². The summed E-state index contributed by atoms with van der Waals surface area (Å²) in [7, 11) is 0. The summed E-state index contributed by atoms with van der Waals surface area (Å²) >= 11 is 0. The Labute approximate surface area is 146 Å². The fraction of sp³-hybridized carbons (Fsp3) is 0.650. The van der Waals surface area contributed by atoms with E-state index in [1.807, 2.05) is 35.2 Å². The number of rotatable bonds is 2.